The van der Waals surface area contributed by atoms with Crippen molar-refractivity contribution in [1.82, 2.24) is 15.5 Å². The fourth-order valence-corrected chi connectivity index (χ4v) is 3.59. The lowest BCUT2D eigenvalue weighted by atomic mass is 10.1. The number of ether oxygens (including phenoxy) is 2. The smallest absolute Gasteiger partial charge is 0.222 e. The van der Waals surface area contributed by atoms with Crippen LogP contribution < -0.4 is 20.1 Å². The maximum absolute atomic E-state index is 11.9. The van der Waals surface area contributed by atoms with Crippen molar-refractivity contribution in [1.29, 1.82) is 0 Å². The molecule has 2 N–H and O–H groups in total. The summed E-state index contributed by atoms with van der Waals surface area (Å²) < 4.78 is 11.7. The first-order chi connectivity index (χ1) is 13.2. The van der Waals surface area contributed by atoms with Gasteiger partial charge in [-0.25, -0.2) is 0 Å². The molecule has 1 fully saturated rings. The predicted molar refractivity (Wildman–Crippen MR) is 121 cm³/mol. The van der Waals surface area contributed by atoms with E-state index in [4.69, 9.17) is 9.47 Å². The fourth-order valence-electron chi connectivity index (χ4n) is 3.59. The molecule has 28 heavy (non-hydrogen) atoms. The highest BCUT2D eigenvalue weighted by atomic mass is 127. The third-order valence-corrected chi connectivity index (χ3v) is 5.08. The minimum Gasteiger partial charge on any atom is -0.486 e. The Kier molecular flexibility index (Phi) is 9.14. The molecule has 3 rings (SSSR count). The molecule has 1 aromatic carbocycles. The molecule has 2 unspecified atom stereocenters. The molecule has 0 saturated carbocycles. The van der Waals surface area contributed by atoms with Crippen molar-refractivity contribution < 1.29 is 14.3 Å². The van der Waals surface area contributed by atoms with Crippen molar-refractivity contribution in [3.8, 4) is 11.5 Å². The Labute approximate surface area is 184 Å². The topological polar surface area (TPSA) is 75.2 Å². The van der Waals surface area contributed by atoms with E-state index in [0.717, 1.165) is 49.8 Å². The second-order valence-corrected chi connectivity index (χ2v) is 6.92. The zero-order valence-electron chi connectivity index (χ0n) is 16.6. The van der Waals surface area contributed by atoms with Crippen LogP contribution in [0, 0.1) is 0 Å². The maximum Gasteiger partial charge on any atom is 0.222 e. The Bertz CT molecular complexity index is 671. The van der Waals surface area contributed by atoms with E-state index in [1.165, 1.54) is 0 Å². The van der Waals surface area contributed by atoms with Gasteiger partial charge >= 0.3 is 0 Å². The van der Waals surface area contributed by atoms with Gasteiger partial charge in [-0.1, -0.05) is 19.1 Å². The van der Waals surface area contributed by atoms with Crippen molar-refractivity contribution >= 4 is 35.8 Å². The summed E-state index contributed by atoms with van der Waals surface area (Å²) in [6.07, 6.45) is 3.51. The average Bonchev–Trinajstić information content (AvgIpc) is 3.13. The average molecular weight is 502 g/mol. The van der Waals surface area contributed by atoms with Crippen molar-refractivity contribution in [2.24, 2.45) is 4.99 Å². The van der Waals surface area contributed by atoms with Crippen LogP contribution in [0.15, 0.2) is 29.3 Å². The highest BCUT2D eigenvalue weighted by molar-refractivity contribution is 14.0. The maximum atomic E-state index is 11.9. The number of hydrogen-bond acceptors (Lipinski definition) is 4. The second kappa shape index (κ2) is 11.3. The molecule has 2 atom stereocenters. The van der Waals surface area contributed by atoms with E-state index in [9.17, 15) is 4.79 Å². The van der Waals surface area contributed by atoms with Crippen LogP contribution in [0.25, 0.3) is 0 Å². The van der Waals surface area contributed by atoms with Crippen LogP contribution in [0.2, 0.25) is 0 Å². The number of nitrogens with zero attached hydrogens (tertiary/aromatic N) is 2. The van der Waals surface area contributed by atoms with E-state index in [-0.39, 0.29) is 30.1 Å². The van der Waals surface area contributed by atoms with E-state index in [2.05, 4.69) is 22.5 Å². The summed E-state index contributed by atoms with van der Waals surface area (Å²) in [5, 5.41) is 6.63. The summed E-state index contributed by atoms with van der Waals surface area (Å²) in [5.41, 5.74) is 0. The van der Waals surface area contributed by atoms with E-state index < -0.39 is 0 Å². The third-order valence-electron chi connectivity index (χ3n) is 5.08. The zero-order valence-corrected chi connectivity index (χ0v) is 19.0. The Morgan fingerprint density at radius 3 is 2.79 bits per heavy atom. The first-order valence-electron chi connectivity index (χ1n) is 9.83. The lowest BCUT2D eigenvalue weighted by molar-refractivity contribution is -0.129. The molecule has 1 saturated heterocycles. The van der Waals surface area contributed by atoms with E-state index in [0.29, 0.717) is 31.5 Å². The molecule has 156 valence electrons. The summed E-state index contributed by atoms with van der Waals surface area (Å²) >= 11 is 0. The second-order valence-electron chi connectivity index (χ2n) is 6.92. The van der Waals surface area contributed by atoms with Crippen LogP contribution in [0.1, 0.15) is 32.6 Å². The van der Waals surface area contributed by atoms with Crippen molar-refractivity contribution in [2.45, 2.75) is 44.8 Å². The normalized spacial score (nSPS) is 19.8. The van der Waals surface area contributed by atoms with Crippen LogP contribution >= 0.6 is 24.0 Å². The number of nitrogens with one attached hydrogen (secondary N) is 2. The molecule has 1 aromatic rings. The largest absolute Gasteiger partial charge is 0.486 e. The molecule has 0 radical (unpaired) electrons. The van der Waals surface area contributed by atoms with E-state index in [1.807, 2.05) is 29.2 Å². The number of guanidine groups is 1. The predicted octanol–water partition coefficient (Wildman–Crippen LogP) is 2.40. The summed E-state index contributed by atoms with van der Waals surface area (Å²) in [4.78, 5) is 18.2. The van der Waals surface area contributed by atoms with Crippen LogP contribution in [0.3, 0.4) is 0 Å². The first-order valence-corrected chi connectivity index (χ1v) is 9.83. The summed E-state index contributed by atoms with van der Waals surface area (Å²) in [7, 11) is 1.75. The molecule has 2 aliphatic heterocycles. The highest BCUT2D eigenvalue weighted by Gasteiger charge is 2.26. The Hall–Kier alpha value is -1.71. The number of halogens is 1. The molecule has 0 bridgehead atoms. The first kappa shape index (κ1) is 22.6. The quantitative estimate of drug-likeness (QED) is 0.341. The molecule has 0 aromatic heterocycles. The Morgan fingerprint density at radius 1 is 1.32 bits per heavy atom. The lowest BCUT2D eigenvalue weighted by Crippen LogP contribution is -2.46. The van der Waals surface area contributed by atoms with Gasteiger partial charge in [0.2, 0.25) is 5.91 Å². The van der Waals surface area contributed by atoms with Gasteiger partial charge in [0.15, 0.2) is 17.5 Å². The zero-order chi connectivity index (χ0) is 19.1. The molecule has 1 amide bonds. The third kappa shape index (κ3) is 5.89. The number of benzene rings is 1. The van der Waals surface area contributed by atoms with Crippen LogP contribution in [-0.2, 0) is 4.79 Å². The number of rotatable bonds is 7. The molecular formula is C20H31IN4O3. The van der Waals surface area contributed by atoms with Crippen LogP contribution in [0.5, 0.6) is 11.5 Å². The lowest BCUT2D eigenvalue weighted by Gasteiger charge is -2.28. The SMILES string of the molecule is CCC(CCNC(=NC)NCC1COc2ccccc2O1)N1CCCC1=O.I. The van der Waals surface area contributed by atoms with Gasteiger partial charge in [-0.05, 0) is 31.4 Å². The Balaban J connectivity index is 0.00000280. The number of carbonyl (C=O) groups is 1. The number of fused-ring (bicyclic) bond motifs is 1. The van der Waals surface area contributed by atoms with Crippen molar-refractivity contribution in [3.63, 3.8) is 0 Å². The van der Waals surface area contributed by atoms with Crippen LogP contribution in [0.4, 0.5) is 0 Å². The number of hydrogen-bond donors (Lipinski definition) is 2. The molecule has 8 heteroatoms. The van der Waals surface area contributed by atoms with Gasteiger partial charge < -0.3 is 25.0 Å². The monoisotopic (exact) mass is 502 g/mol. The number of amides is 1. The minimum atomic E-state index is -0.0657. The summed E-state index contributed by atoms with van der Waals surface area (Å²) in [6.45, 7) is 4.92. The highest BCUT2D eigenvalue weighted by Crippen LogP contribution is 2.30. The van der Waals surface area contributed by atoms with Gasteiger partial charge in [-0.3, -0.25) is 9.79 Å². The Morgan fingerprint density at radius 2 is 2.11 bits per heavy atom. The van der Waals surface area contributed by atoms with Crippen molar-refractivity contribution in [3.05, 3.63) is 24.3 Å². The van der Waals surface area contributed by atoms with Crippen molar-refractivity contribution in [2.75, 3.05) is 33.3 Å². The molecule has 2 aliphatic rings. The summed E-state index contributed by atoms with van der Waals surface area (Å²) in [5.74, 6) is 2.59. The molecule has 2 heterocycles. The number of likely N-dealkylation sites (tertiary alicyclic amines) is 1. The standard InChI is InChI=1S/C20H30N4O3.HI/c1-3-15(24-12-6-9-19(24)25)10-11-22-20(21-2)23-13-16-14-26-17-7-4-5-8-18(17)27-16;/h4-5,7-8,15-16H,3,6,9-14H2,1-2H3,(H2,21,22,23);1H. The van der Waals surface area contributed by atoms with Gasteiger partial charge in [0.1, 0.15) is 12.7 Å². The number of carbonyl (C=O) groups excluding carboxylic acids is 1. The summed E-state index contributed by atoms with van der Waals surface area (Å²) in [6, 6.07) is 8.00. The fraction of sp³-hybridized carbons (Fsp3) is 0.600. The van der Waals surface area contributed by atoms with Crippen LogP contribution in [-0.4, -0.2) is 62.2 Å². The van der Waals surface area contributed by atoms with Gasteiger partial charge in [-0.2, -0.15) is 0 Å². The van der Waals surface area contributed by atoms with Gasteiger partial charge in [0, 0.05) is 32.6 Å². The number of aliphatic imine (C=N–C) groups is 1. The molecule has 7 nitrogen and oxygen atoms in total. The molecular weight excluding hydrogens is 471 g/mol. The molecule has 0 spiro atoms. The minimum absolute atomic E-state index is 0. The van der Waals surface area contributed by atoms with Gasteiger partial charge in [-0.15, -0.1) is 24.0 Å². The van der Waals surface area contributed by atoms with E-state index >= 15 is 0 Å². The number of para-hydroxylation sites is 2. The van der Waals surface area contributed by atoms with Gasteiger partial charge in [0.05, 0.1) is 6.54 Å². The van der Waals surface area contributed by atoms with E-state index in [1.54, 1.807) is 7.05 Å². The van der Waals surface area contributed by atoms with Gasteiger partial charge in [0.25, 0.3) is 0 Å². The molecule has 0 aliphatic carbocycles.